The van der Waals surface area contributed by atoms with Crippen molar-refractivity contribution in [2.24, 2.45) is 0 Å². The molecule has 0 aromatic heterocycles. The number of fused-ring (bicyclic) bond motifs is 1. The number of hydrogen-bond acceptors (Lipinski definition) is 5. The van der Waals surface area contributed by atoms with Gasteiger partial charge in [-0.25, -0.2) is 4.79 Å². The maximum absolute atomic E-state index is 11.6. The summed E-state index contributed by atoms with van der Waals surface area (Å²) in [6.45, 7) is 1.20. The van der Waals surface area contributed by atoms with Crippen molar-refractivity contribution < 1.29 is 23.7 Å². The minimum Gasteiger partial charge on any atom is -0.497 e. The summed E-state index contributed by atoms with van der Waals surface area (Å²) in [6.07, 6.45) is 3.61. The average molecular weight is 433 g/mol. The molecule has 0 N–H and O–H groups in total. The first-order valence-corrected chi connectivity index (χ1v) is 10.9. The molecule has 0 fully saturated rings. The second-order valence-corrected chi connectivity index (χ2v) is 7.86. The zero-order valence-corrected chi connectivity index (χ0v) is 18.6. The molecule has 5 nitrogen and oxygen atoms in total. The number of carbonyl (C=O) groups excluding carboxylic acids is 1. The predicted molar refractivity (Wildman–Crippen MR) is 123 cm³/mol. The van der Waals surface area contributed by atoms with Crippen LogP contribution in [0.5, 0.6) is 17.2 Å². The van der Waals surface area contributed by atoms with Gasteiger partial charge in [-0.05, 0) is 84.3 Å². The molecule has 1 aliphatic rings. The fourth-order valence-corrected chi connectivity index (χ4v) is 3.88. The highest BCUT2D eigenvalue weighted by Crippen LogP contribution is 2.31. The summed E-state index contributed by atoms with van der Waals surface area (Å²) in [5.41, 5.74) is 5.45. The summed E-state index contributed by atoms with van der Waals surface area (Å²) in [4.78, 5) is 11.6. The lowest BCUT2D eigenvalue weighted by Gasteiger charge is -2.19. The molecule has 0 saturated heterocycles. The lowest BCUT2D eigenvalue weighted by atomic mass is 9.98. The van der Waals surface area contributed by atoms with Crippen LogP contribution in [0.1, 0.15) is 32.6 Å². The minimum atomic E-state index is -0.313. The van der Waals surface area contributed by atoms with Crippen LogP contribution in [0, 0.1) is 0 Å². The number of carbonyl (C=O) groups is 1. The average Bonchev–Trinajstić information content (AvgIpc) is 2.85. The number of benzene rings is 3. The topological polar surface area (TPSA) is 54.0 Å². The zero-order chi connectivity index (χ0) is 22.3. The summed E-state index contributed by atoms with van der Waals surface area (Å²) >= 11 is 0. The van der Waals surface area contributed by atoms with Crippen molar-refractivity contribution in [1.82, 2.24) is 0 Å². The highest BCUT2D eigenvalue weighted by Gasteiger charge is 2.12. The van der Waals surface area contributed by atoms with Gasteiger partial charge in [0.1, 0.15) is 19.0 Å². The maximum Gasteiger partial charge on any atom is 0.337 e. The van der Waals surface area contributed by atoms with E-state index in [1.54, 1.807) is 7.11 Å². The second-order valence-electron chi connectivity index (χ2n) is 7.86. The van der Waals surface area contributed by atoms with E-state index >= 15 is 0 Å². The Morgan fingerprint density at radius 3 is 1.97 bits per heavy atom. The fourth-order valence-electron chi connectivity index (χ4n) is 3.88. The first kappa shape index (κ1) is 21.8. The van der Waals surface area contributed by atoms with Crippen molar-refractivity contribution >= 4 is 5.97 Å². The van der Waals surface area contributed by atoms with Crippen LogP contribution in [0.4, 0.5) is 0 Å². The molecule has 1 aliphatic heterocycles. The third-order valence-electron chi connectivity index (χ3n) is 5.65. The Hall–Kier alpha value is -3.47. The SMILES string of the molecule is COC(=O)c1ccc(CCc2cc(CCc3ccc4c(c3)OCCO4)cc(OC)c2)cc1. The van der Waals surface area contributed by atoms with Crippen LogP contribution in [-0.2, 0) is 30.4 Å². The molecule has 0 atom stereocenters. The van der Waals surface area contributed by atoms with Gasteiger partial charge in [0, 0.05) is 0 Å². The molecule has 0 bridgehead atoms. The van der Waals surface area contributed by atoms with Crippen molar-refractivity contribution in [3.05, 3.63) is 88.5 Å². The Bertz CT molecular complexity index is 1070. The van der Waals surface area contributed by atoms with Gasteiger partial charge in [-0.2, -0.15) is 0 Å². The molecule has 3 aromatic carbocycles. The molecule has 0 saturated carbocycles. The third-order valence-corrected chi connectivity index (χ3v) is 5.65. The molecule has 0 amide bonds. The molecular formula is C27H28O5. The summed E-state index contributed by atoms with van der Waals surface area (Å²) in [5, 5.41) is 0. The van der Waals surface area contributed by atoms with Crippen molar-refractivity contribution in [3.8, 4) is 17.2 Å². The van der Waals surface area contributed by atoms with E-state index in [1.165, 1.54) is 29.4 Å². The Morgan fingerprint density at radius 2 is 1.31 bits per heavy atom. The van der Waals surface area contributed by atoms with Crippen LogP contribution >= 0.6 is 0 Å². The highest BCUT2D eigenvalue weighted by molar-refractivity contribution is 5.89. The molecular weight excluding hydrogens is 404 g/mol. The Labute approximate surface area is 188 Å². The van der Waals surface area contributed by atoms with Gasteiger partial charge < -0.3 is 18.9 Å². The van der Waals surface area contributed by atoms with Crippen molar-refractivity contribution in [2.45, 2.75) is 25.7 Å². The van der Waals surface area contributed by atoms with Gasteiger partial charge in [0.15, 0.2) is 11.5 Å². The van der Waals surface area contributed by atoms with E-state index < -0.39 is 0 Å². The summed E-state index contributed by atoms with van der Waals surface area (Å²) in [6, 6.07) is 20.2. The third kappa shape index (κ3) is 5.41. The fraction of sp³-hybridized carbons (Fsp3) is 0.296. The van der Waals surface area contributed by atoms with Crippen LogP contribution in [0.25, 0.3) is 0 Å². The van der Waals surface area contributed by atoms with Gasteiger partial charge in [0.2, 0.25) is 0 Å². The first-order valence-electron chi connectivity index (χ1n) is 10.9. The van der Waals surface area contributed by atoms with Crippen molar-refractivity contribution in [2.75, 3.05) is 27.4 Å². The van der Waals surface area contributed by atoms with Gasteiger partial charge in [0.05, 0.1) is 19.8 Å². The Morgan fingerprint density at radius 1 is 0.719 bits per heavy atom. The minimum absolute atomic E-state index is 0.313. The van der Waals surface area contributed by atoms with Crippen LogP contribution in [0.2, 0.25) is 0 Å². The van der Waals surface area contributed by atoms with Crippen molar-refractivity contribution in [1.29, 1.82) is 0 Å². The molecule has 166 valence electrons. The number of aryl methyl sites for hydroxylation is 4. The molecule has 0 aliphatic carbocycles. The van der Waals surface area contributed by atoms with E-state index in [9.17, 15) is 4.79 Å². The van der Waals surface area contributed by atoms with Gasteiger partial charge in [-0.1, -0.05) is 24.3 Å². The maximum atomic E-state index is 11.6. The van der Waals surface area contributed by atoms with E-state index in [-0.39, 0.29) is 5.97 Å². The van der Waals surface area contributed by atoms with Crippen LogP contribution in [0.3, 0.4) is 0 Å². The number of ether oxygens (including phenoxy) is 4. The zero-order valence-electron chi connectivity index (χ0n) is 18.6. The summed E-state index contributed by atoms with van der Waals surface area (Å²) in [5.74, 6) is 2.22. The Kier molecular flexibility index (Phi) is 6.95. The van der Waals surface area contributed by atoms with E-state index in [2.05, 4.69) is 30.3 Å². The molecule has 1 heterocycles. The molecule has 5 heteroatoms. The van der Waals surface area contributed by atoms with E-state index in [1.807, 2.05) is 30.3 Å². The molecule has 0 unspecified atom stereocenters. The van der Waals surface area contributed by atoms with Crippen LogP contribution in [0.15, 0.2) is 60.7 Å². The standard InChI is InChI=1S/C27H28O5/c1-29-24-16-21(5-3-19-7-10-23(11-8-19)27(28)30-2)15-22(17-24)6-4-20-9-12-25-26(18-20)32-14-13-31-25/h7-12,15-18H,3-6,13-14H2,1-2H3. The van der Waals surface area contributed by atoms with Gasteiger partial charge >= 0.3 is 5.97 Å². The molecule has 3 aromatic rings. The van der Waals surface area contributed by atoms with Gasteiger partial charge in [-0.3, -0.25) is 0 Å². The quantitative estimate of drug-likeness (QED) is 0.478. The Balaban J connectivity index is 1.40. The summed E-state index contributed by atoms with van der Waals surface area (Å²) < 4.78 is 21.6. The summed E-state index contributed by atoms with van der Waals surface area (Å²) in [7, 11) is 3.10. The lowest BCUT2D eigenvalue weighted by Crippen LogP contribution is -2.15. The van der Waals surface area contributed by atoms with Crippen LogP contribution in [-0.4, -0.2) is 33.4 Å². The number of hydrogen-bond donors (Lipinski definition) is 0. The normalized spacial score (nSPS) is 12.3. The predicted octanol–water partition coefficient (Wildman–Crippen LogP) is 4.82. The molecule has 0 spiro atoms. The number of esters is 1. The second kappa shape index (κ2) is 10.2. The van der Waals surface area contributed by atoms with E-state index in [0.717, 1.165) is 42.9 Å². The van der Waals surface area contributed by atoms with E-state index in [4.69, 9.17) is 18.9 Å². The smallest absolute Gasteiger partial charge is 0.337 e. The van der Waals surface area contributed by atoms with Crippen molar-refractivity contribution in [3.63, 3.8) is 0 Å². The number of methoxy groups -OCH3 is 2. The largest absolute Gasteiger partial charge is 0.497 e. The lowest BCUT2D eigenvalue weighted by molar-refractivity contribution is 0.0600. The monoisotopic (exact) mass is 432 g/mol. The molecule has 4 rings (SSSR count). The van der Waals surface area contributed by atoms with E-state index in [0.29, 0.717) is 18.8 Å². The first-order chi connectivity index (χ1) is 15.6. The van der Waals surface area contributed by atoms with Gasteiger partial charge in [-0.15, -0.1) is 0 Å². The van der Waals surface area contributed by atoms with Crippen LogP contribution < -0.4 is 14.2 Å². The molecule has 0 radical (unpaired) electrons. The molecule has 32 heavy (non-hydrogen) atoms. The number of rotatable bonds is 8. The highest BCUT2D eigenvalue weighted by atomic mass is 16.6. The van der Waals surface area contributed by atoms with Gasteiger partial charge in [0.25, 0.3) is 0 Å².